The lowest BCUT2D eigenvalue weighted by molar-refractivity contribution is -0.127. The molecule has 0 bridgehead atoms. The van der Waals surface area contributed by atoms with Crippen LogP contribution in [-0.2, 0) is 9.53 Å². The largest absolute Gasteiger partial charge is 0.447 e. The number of cyclic esters (lactones) is 1. The molecule has 2 rings (SSSR count). The normalized spacial score (nSPS) is 16.5. The van der Waals surface area contributed by atoms with Crippen LogP contribution >= 0.6 is 11.8 Å². The topological polar surface area (TPSA) is 46.6 Å². The van der Waals surface area contributed by atoms with E-state index < -0.39 is 6.09 Å². The number of rotatable bonds is 4. The molecule has 0 spiro atoms. The first-order valence-electron chi connectivity index (χ1n) is 5.85. The monoisotopic (exact) mass is 265 g/mol. The number of imide groups is 1. The molecule has 1 aromatic carbocycles. The number of hydrogen-bond donors (Lipinski definition) is 0. The molecule has 1 saturated heterocycles. The lowest BCUT2D eigenvalue weighted by Crippen LogP contribution is -2.33. The van der Waals surface area contributed by atoms with Gasteiger partial charge in [0.15, 0.2) is 0 Å². The Bertz CT molecular complexity index is 435. The van der Waals surface area contributed by atoms with Crippen LogP contribution in [0, 0.1) is 0 Å². The summed E-state index contributed by atoms with van der Waals surface area (Å²) in [5.74, 6) is -0.159. The molecule has 0 aliphatic carbocycles. The minimum Gasteiger partial charge on any atom is -0.447 e. The molecule has 1 aliphatic heterocycles. The summed E-state index contributed by atoms with van der Waals surface area (Å²) in [7, 11) is 0. The molecule has 0 radical (unpaired) electrons. The Balaban J connectivity index is 1.86. The van der Waals surface area contributed by atoms with E-state index in [4.69, 9.17) is 4.74 Å². The molecule has 2 amide bonds. The summed E-state index contributed by atoms with van der Waals surface area (Å²) in [4.78, 5) is 25.4. The maximum absolute atomic E-state index is 11.9. The second kappa shape index (κ2) is 5.91. The van der Waals surface area contributed by atoms with Crippen molar-refractivity contribution in [2.75, 3.05) is 13.2 Å². The van der Waals surface area contributed by atoms with Crippen LogP contribution in [0.25, 0.3) is 0 Å². The standard InChI is InChI=1S/C13H15NO3S/c1-10(18-11-5-3-2-4-6-11)9-12(15)14-7-8-17-13(14)16/h2-6,10H,7-9H2,1H3. The fourth-order valence-electron chi connectivity index (χ4n) is 1.75. The molecule has 0 saturated carbocycles. The summed E-state index contributed by atoms with van der Waals surface area (Å²) in [5.41, 5.74) is 0. The average molecular weight is 265 g/mol. The molecule has 1 fully saturated rings. The second-order valence-corrected chi connectivity index (χ2v) is 5.62. The maximum atomic E-state index is 11.9. The number of benzene rings is 1. The van der Waals surface area contributed by atoms with E-state index in [0.29, 0.717) is 19.6 Å². The number of amides is 2. The van der Waals surface area contributed by atoms with E-state index in [1.165, 1.54) is 4.90 Å². The predicted molar refractivity (Wildman–Crippen MR) is 69.4 cm³/mol. The van der Waals surface area contributed by atoms with Crippen LogP contribution < -0.4 is 0 Å². The van der Waals surface area contributed by atoms with Gasteiger partial charge in [-0.1, -0.05) is 25.1 Å². The van der Waals surface area contributed by atoms with E-state index in [9.17, 15) is 9.59 Å². The van der Waals surface area contributed by atoms with Crippen molar-refractivity contribution in [3.8, 4) is 0 Å². The van der Waals surface area contributed by atoms with Crippen molar-refractivity contribution in [1.29, 1.82) is 0 Å². The average Bonchev–Trinajstić information content (AvgIpc) is 2.76. The summed E-state index contributed by atoms with van der Waals surface area (Å²) >= 11 is 1.63. The summed E-state index contributed by atoms with van der Waals surface area (Å²) < 4.78 is 4.75. The lowest BCUT2D eigenvalue weighted by Gasteiger charge is -2.14. The first kappa shape index (κ1) is 13.0. The Morgan fingerprint density at radius 2 is 2.17 bits per heavy atom. The van der Waals surface area contributed by atoms with E-state index >= 15 is 0 Å². The van der Waals surface area contributed by atoms with Crippen LogP contribution in [0.4, 0.5) is 4.79 Å². The molecule has 1 aromatic rings. The molecule has 18 heavy (non-hydrogen) atoms. The van der Waals surface area contributed by atoms with Gasteiger partial charge in [-0.25, -0.2) is 9.69 Å². The highest BCUT2D eigenvalue weighted by Crippen LogP contribution is 2.25. The van der Waals surface area contributed by atoms with Gasteiger partial charge in [0.2, 0.25) is 5.91 Å². The summed E-state index contributed by atoms with van der Waals surface area (Å²) in [5, 5.41) is 0.133. The molecule has 0 N–H and O–H groups in total. The van der Waals surface area contributed by atoms with Crippen molar-refractivity contribution in [1.82, 2.24) is 4.90 Å². The van der Waals surface area contributed by atoms with E-state index in [1.807, 2.05) is 37.3 Å². The number of carbonyl (C=O) groups excluding carboxylic acids is 2. The number of carbonyl (C=O) groups is 2. The van der Waals surface area contributed by atoms with Crippen LogP contribution in [0.2, 0.25) is 0 Å². The van der Waals surface area contributed by atoms with Crippen molar-refractivity contribution >= 4 is 23.8 Å². The van der Waals surface area contributed by atoms with Gasteiger partial charge in [-0.05, 0) is 12.1 Å². The van der Waals surface area contributed by atoms with Crippen LogP contribution in [0.3, 0.4) is 0 Å². The fraction of sp³-hybridized carbons (Fsp3) is 0.385. The smallest absolute Gasteiger partial charge is 0.416 e. The van der Waals surface area contributed by atoms with Crippen molar-refractivity contribution in [3.05, 3.63) is 30.3 Å². The Hall–Kier alpha value is -1.49. The number of hydrogen-bond acceptors (Lipinski definition) is 4. The van der Waals surface area contributed by atoms with Crippen molar-refractivity contribution in [2.24, 2.45) is 0 Å². The molecular formula is C13H15NO3S. The molecule has 5 heteroatoms. The Labute approximate surface area is 110 Å². The van der Waals surface area contributed by atoms with Crippen molar-refractivity contribution < 1.29 is 14.3 Å². The van der Waals surface area contributed by atoms with Crippen LogP contribution in [0.1, 0.15) is 13.3 Å². The highest BCUT2D eigenvalue weighted by Gasteiger charge is 2.29. The predicted octanol–water partition coefficient (Wildman–Crippen LogP) is 2.54. The Morgan fingerprint density at radius 1 is 1.44 bits per heavy atom. The molecule has 1 aliphatic rings. The van der Waals surface area contributed by atoms with Crippen LogP contribution in [0.5, 0.6) is 0 Å². The highest BCUT2D eigenvalue weighted by atomic mass is 32.2. The molecule has 1 atom stereocenters. The van der Waals surface area contributed by atoms with Gasteiger partial charge in [0.25, 0.3) is 0 Å². The minimum absolute atomic E-state index is 0.133. The zero-order valence-corrected chi connectivity index (χ0v) is 11.0. The zero-order valence-electron chi connectivity index (χ0n) is 10.2. The Kier molecular flexibility index (Phi) is 4.25. The van der Waals surface area contributed by atoms with Gasteiger partial charge in [-0.3, -0.25) is 4.79 Å². The summed E-state index contributed by atoms with van der Waals surface area (Å²) in [6.07, 6.45) is -0.175. The van der Waals surface area contributed by atoms with Gasteiger partial charge in [0.05, 0.1) is 6.54 Å². The zero-order chi connectivity index (χ0) is 13.0. The van der Waals surface area contributed by atoms with Crippen LogP contribution in [0.15, 0.2) is 35.2 Å². The number of ether oxygens (including phenoxy) is 1. The lowest BCUT2D eigenvalue weighted by atomic mass is 10.3. The van der Waals surface area contributed by atoms with E-state index in [-0.39, 0.29) is 11.2 Å². The number of thioether (sulfide) groups is 1. The first-order valence-corrected chi connectivity index (χ1v) is 6.73. The minimum atomic E-state index is -0.517. The summed E-state index contributed by atoms with van der Waals surface area (Å²) in [6.45, 7) is 2.67. The summed E-state index contributed by atoms with van der Waals surface area (Å²) in [6, 6.07) is 9.91. The first-order chi connectivity index (χ1) is 8.66. The van der Waals surface area contributed by atoms with Gasteiger partial charge in [-0.15, -0.1) is 11.8 Å². The van der Waals surface area contributed by atoms with E-state index in [0.717, 1.165) is 4.90 Å². The van der Waals surface area contributed by atoms with E-state index in [1.54, 1.807) is 11.8 Å². The van der Waals surface area contributed by atoms with E-state index in [2.05, 4.69) is 0 Å². The third kappa shape index (κ3) is 3.26. The molecule has 96 valence electrons. The molecule has 1 heterocycles. The Morgan fingerprint density at radius 3 is 2.78 bits per heavy atom. The number of nitrogens with zero attached hydrogens (tertiary/aromatic N) is 1. The van der Waals surface area contributed by atoms with Gasteiger partial charge >= 0.3 is 6.09 Å². The molecular weight excluding hydrogens is 250 g/mol. The molecule has 0 aromatic heterocycles. The van der Waals surface area contributed by atoms with Crippen molar-refractivity contribution in [3.63, 3.8) is 0 Å². The van der Waals surface area contributed by atoms with Gasteiger partial charge in [-0.2, -0.15) is 0 Å². The third-order valence-electron chi connectivity index (χ3n) is 2.60. The highest BCUT2D eigenvalue weighted by molar-refractivity contribution is 8.00. The van der Waals surface area contributed by atoms with Gasteiger partial charge in [0.1, 0.15) is 6.61 Å². The van der Waals surface area contributed by atoms with Crippen molar-refractivity contribution in [2.45, 2.75) is 23.5 Å². The quantitative estimate of drug-likeness (QED) is 0.785. The molecule has 1 unspecified atom stereocenters. The third-order valence-corrected chi connectivity index (χ3v) is 3.72. The molecule has 4 nitrogen and oxygen atoms in total. The fourth-order valence-corrected chi connectivity index (χ4v) is 2.75. The van der Waals surface area contributed by atoms with Crippen LogP contribution in [-0.4, -0.2) is 35.3 Å². The maximum Gasteiger partial charge on any atom is 0.416 e. The SMILES string of the molecule is CC(CC(=O)N1CCOC1=O)Sc1ccccc1. The second-order valence-electron chi connectivity index (χ2n) is 4.11. The van der Waals surface area contributed by atoms with Gasteiger partial charge < -0.3 is 4.74 Å². The van der Waals surface area contributed by atoms with Gasteiger partial charge in [0, 0.05) is 16.6 Å².